The fraction of sp³-hybridized carbons (Fsp3) is 0.700. The van der Waals surface area contributed by atoms with Gasteiger partial charge in [-0.05, 0) is 6.42 Å². The van der Waals surface area contributed by atoms with Gasteiger partial charge in [-0.25, -0.2) is 0 Å². The van der Waals surface area contributed by atoms with Gasteiger partial charge in [0.15, 0.2) is 0 Å². The molecule has 1 fully saturated rings. The third kappa shape index (κ3) is 4.39. The Hall–Kier alpha value is -1.63. The lowest BCUT2D eigenvalue weighted by molar-refractivity contribution is -0.138. The summed E-state index contributed by atoms with van der Waals surface area (Å²) in [5.74, 6) is -1.12. The van der Waals surface area contributed by atoms with Gasteiger partial charge in [-0.15, -0.1) is 0 Å². The first-order valence-corrected chi connectivity index (χ1v) is 5.47. The van der Waals surface area contributed by atoms with Gasteiger partial charge in [0, 0.05) is 26.6 Å². The fourth-order valence-corrected chi connectivity index (χ4v) is 1.58. The molecule has 0 aromatic heterocycles. The van der Waals surface area contributed by atoms with E-state index < -0.39 is 12.0 Å². The maximum atomic E-state index is 11.8. The summed E-state index contributed by atoms with van der Waals surface area (Å²) in [5, 5.41) is 13.9. The predicted molar refractivity (Wildman–Crippen MR) is 59.3 cm³/mol. The number of carbonyl (C=O) groups excluding carboxylic acids is 2. The second-order valence-corrected chi connectivity index (χ2v) is 3.99. The van der Waals surface area contributed by atoms with Gasteiger partial charge in [-0.1, -0.05) is 0 Å². The van der Waals surface area contributed by atoms with E-state index in [2.05, 4.69) is 10.6 Å². The molecule has 1 unspecified atom stereocenters. The average Bonchev–Trinajstić information content (AvgIpc) is 2.28. The molecule has 7 heteroatoms. The van der Waals surface area contributed by atoms with Gasteiger partial charge in [0.25, 0.3) is 0 Å². The first-order valence-electron chi connectivity index (χ1n) is 5.47. The highest BCUT2D eigenvalue weighted by atomic mass is 16.4. The zero-order chi connectivity index (χ0) is 12.8. The molecule has 0 spiro atoms. The minimum Gasteiger partial charge on any atom is -0.481 e. The Morgan fingerprint density at radius 3 is 2.76 bits per heavy atom. The Kier molecular flexibility index (Phi) is 4.89. The van der Waals surface area contributed by atoms with Crippen molar-refractivity contribution in [1.29, 1.82) is 0 Å². The lowest BCUT2D eigenvalue weighted by Gasteiger charge is -2.27. The monoisotopic (exact) mass is 243 g/mol. The van der Waals surface area contributed by atoms with Crippen LogP contribution in [0.25, 0.3) is 0 Å². The standard InChI is InChI=1S/C10H17N3O4/c1-13(4-2-3-9(15)16)10(17)7-5-12-8(14)6-11-7/h7,11H,2-6H2,1H3,(H,12,14)(H,15,16). The maximum Gasteiger partial charge on any atom is 0.303 e. The van der Waals surface area contributed by atoms with Gasteiger partial charge in [0.2, 0.25) is 11.8 Å². The van der Waals surface area contributed by atoms with E-state index in [1.54, 1.807) is 7.05 Å². The van der Waals surface area contributed by atoms with Crippen molar-refractivity contribution in [1.82, 2.24) is 15.5 Å². The molecule has 1 aliphatic rings. The predicted octanol–water partition coefficient (Wildman–Crippen LogP) is -1.60. The molecule has 0 aliphatic carbocycles. The molecule has 3 N–H and O–H groups in total. The highest BCUT2D eigenvalue weighted by Gasteiger charge is 2.25. The van der Waals surface area contributed by atoms with Crippen molar-refractivity contribution in [2.75, 3.05) is 26.7 Å². The molecule has 1 heterocycles. The highest BCUT2D eigenvalue weighted by molar-refractivity contribution is 5.86. The van der Waals surface area contributed by atoms with Crippen LogP contribution in [-0.4, -0.2) is 60.5 Å². The first kappa shape index (κ1) is 13.4. The number of carbonyl (C=O) groups is 3. The van der Waals surface area contributed by atoms with Crippen molar-refractivity contribution in [3.8, 4) is 0 Å². The second kappa shape index (κ2) is 6.19. The van der Waals surface area contributed by atoms with E-state index in [4.69, 9.17) is 5.11 Å². The number of nitrogens with one attached hydrogen (secondary N) is 2. The molecule has 1 rings (SSSR count). The summed E-state index contributed by atoms with van der Waals surface area (Å²) in [7, 11) is 1.63. The average molecular weight is 243 g/mol. The van der Waals surface area contributed by atoms with E-state index in [0.29, 0.717) is 13.0 Å². The van der Waals surface area contributed by atoms with Crippen molar-refractivity contribution in [2.24, 2.45) is 0 Å². The lowest BCUT2D eigenvalue weighted by Crippen LogP contribution is -2.58. The van der Waals surface area contributed by atoms with Gasteiger partial charge in [-0.3, -0.25) is 19.7 Å². The minimum absolute atomic E-state index is 0.0481. The summed E-state index contributed by atoms with van der Waals surface area (Å²) in [4.78, 5) is 34.5. The van der Waals surface area contributed by atoms with E-state index in [0.717, 1.165) is 0 Å². The van der Waals surface area contributed by atoms with Crippen LogP contribution in [0.5, 0.6) is 0 Å². The molecule has 96 valence electrons. The molecule has 1 saturated heterocycles. The van der Waals surface area contributed by atoms with Gasteiger partial charge >= 0.3 is 5.97 Å². The number of rotatable bonds is 5. The quantitative estimate of drug-likeness (QED) is 0.540. The van der Waals surface area contributed by atoms with Crippen LogP contribution in [-0.2, 0) is 14.4 Å². The van der Waals surface area contributed by atoms with Crippen molar-refractivity contribution in [2.45, 2.75) is 18.9 Å². The van der Waals surface area contributed by atoms with Crippen LogP contribution in [0.4, 0.5) is 0 Å². The van der Waals surface area contributed by atoms with Crippen LogP contribution >= 0.6 is 0 Å². The lowest BCUT2D eigenvalue weighted by atomic mass is 10.2. The first-order chi connectivity index (χ1) is 8.00. The summed E-state index contributed by atoms with van der Waals surface area (Å²) in [6.45, 7) is 0.817. The number of hydrogen-bond donors (Lipinski definition) is 3. The van der Waals surface area contributed by atoms with Crippen LogP contribution < -0.4 is 10.6 Å². The molecule has 1 atom stereocenters. The van der Waals surface area contributed by atoms with Gasteiger partial charge in [0.05, 0.1) is 6.54 Å². The Bertz CT molecular complexity index is 309. The van der Waals surface area contributed by atoms with Gasteiger partial charge < -0.3 is 15.3 Å². The van der Waals surface area contributed by atoms with Crippen molar-refractivity contribution in [3.63, 3.8) is 0 Å². The number of nitrogens with zero attached hydrogens (tertiary/aromatic N) is 1. The smallest absolute Gasteiger partial charge is 0.303 e. The van der Waals surface area contributed by atoms with Crippen LogP contribution in [0.15, 0.2) is 0 Å². The Morgan fingerprint density at radius 1 is 1.53 bits per heavy atom. The van der Waals surface area contributed by atoms with Crippen LogP contribution in [0.2, 0.25) is 0 Å². The number of aliphatic carboxylic acids is 1. The second-order valence-electron chi connectivity index (χ2n) is 3.99. The maximum absolute atomic E-state index is 11.8. The summed E-state index contributed by atoms with van der Waals surface area (Å²) < 4.78 is 0. The zero-order valence-corrected chi connectivity index (χ0v) is 9.73. The molecule has 17 heavy (non-hydrogen) atoms. The van der Waals surface area contributed by atoms with Crippen LogP contribution in [0.1, 0.15) is 12.8 Å². The molecular formula is C10H17N3O4. The Labute approximate surface area is 99.2 Å². The molecule has 0 bridgehead atoms. The number of piperazine rings is 1. The molecule has 0 radical (unpaired) electrons. The number of carboxylic acids is 1. The highest BCUT2D eigenvalue weighted by Crippen LogP contribution is 1.98. The molecule has 0 aromatic carbocycles. The van der Waals surface area contributed by atoms with Crippen molar-refractivity contribution in [3.05, 3.63) is 0 Å². The number of carboxylic acid groups (broad SMARTS) is 1. The fourth-order valence-electron chi connectivity index (χ4n) is 1.58. The van der Waals surface area contributed by atoms with Crippen LogP contribution in [0, 0.1) is 0 Å². The van der Waals surface area contributed by atoms with Gasteiger partial charge in [0.1, 0.15) is 6.04 Å². The van der Waals surface area contributed by atoms with E-state index >= 15 is 0 Å². The summed E-state index contributed by atoms with van der Waals surface area (Å²) in [6.07, 6.45) is 0.475. The normalized spacial score (nSPS) is 19.6. The molecule has 0 aromatic rings. The molecule has 1 aliphatic heterocycles. The SMILES string of the molecule is CN(CCCC(=O)O)C(=O)C1CNC(=O)CN1. The molecule has 7 nitrogen and oxygen atoms in total. The van der Waals surface area contributed by atoms with Gasteiger partial charge in [-0.2, -0.15) is 0 Å². The zero-order valence-electron chi connectivity index (χ0n) is 9.73. The van der Waals surface area contributed by atoms with Crippen molar-refractivity contribution >= 4 is 17.8 Å². The number of likely N-dealkylation sites (N-methyl/N-ethyl adjacent to an activating group) is 1. The largest absolute Gasteiger partial charge is 0.481 e. The minimum atomic E-state index is -0.867. The van der Waals surface area contributed by atoms with E-state index in [1.807, 2.05) is 0 Å². The number of amides is 2. The Morgan fingerprint density at radius 2 is 2.24 bits per heavy atom. The third-order valence-electron chi connectivity index (χ3n) is 2.57. The number of hydrogen-bond acceptors (Lipinski definition) is 4. The third-order valence-corrected chi connectivity index (χ3v) is 2.57. The van der Waals surface area contributed by atoms with Crippen molar-refractivity contribution < 1.29 is 19.5 Å². The summed E-state index contributed by atoms with van der Waals surface area (Å²) in [5.41, 5.74) is 0. The molecule has 0 saturated carbocycles. The molecular weight excluding hydrogens is 226 g/mol. The topological polar surface area (TPSA) is 98.7 Å². The van der Waals surface area contributed by atoms with E-state index in [9.17, 15) is 14.4 Å². The van der Waals surface area contributed by atoms with Crippen LogP contribution in [0.3, 0.4) is 0 Å². The summed E-state index contributed by atoms with van der Waals surface area (Å²) in [6, 6.07) is -0.414. The van der Waals surface area contributed by atoms with E-state index in [-0.39, 0.29) is 31.3 Å². The Balaban J connectivity index is 2.30. The van der Waals surface area contributed by atoms with E-state index in [1.165, 1.54) is 4.90 Å². The summed E-state index contributed by atoms with van der Waals surface area (Å²) >= 11 is 0. The molecule has 2 amide bonds.